The molecular formula is C28H30ClFN2O6. The summed E-state index contributed by atoms with van der Waals surface area (Å²) in [6.07, 6.45) is 1.47. The number of hydrogen-bond acceptors (Lipinski definition) is 7. The fraction of sp³-hybridized carbons (Fsp3) is 0.321. The van der Waals surface area contributed by atoms with Crippen LogP contribution in [0.25, 0.3) is 11.3 Å². The van der Waals surface area contributed by atoms with E-state index in [1.54, 1.807) is 12.1 Å². The van der Waals surface area contributed by atoms with Crippen LogP contribution in [0, 0.1) is 5.82 Å². The first-order valence-electron chi connectivity index (χ1n) is 12.3. The van der Waals surface area contributed by atoms with E-state index in [0.29, 0.717) is 41.5 Å². The second-order valence-corrected chi connectivity index (χ2v) is 8.38. The van der Waals surface area contributed by atoms with Crippen LogP contribution in [0.5, 0.6) is 17.2 Å². The number of aromatic nitrogens is 1. The molecule has 0 radical (unpaired) electrons. The molecule has 4 rings (SSSR count). The number of aliphatic hydroxyl groups is 1. The summed E-state index contributed by atoms with van der Waals surface area (Å²) in [6, 6.07) is 10.4. The number of carbonyl (C=O) groups is 2. The highest BCUT2D eigenvalue weighted by atomic mass is 35.5. The van der Waals surface area contributed by atoms with E-state index in [9.17, 15) is 14.0 Å². The Morgan fingerprint density at radius 3 is 2.66 bits per heavy atom. The van der Waals surface area contributed by atoms with Gasteiger partial charge in [-0.25, -0.2) is 9.37 Å². The van der Waals surface area contributed by atoms with E-state index in [2.05, 4.69) is 10.3 Å². The van der Waals surface area contributed by atoms with Gasteiger partial charge < -0.3 is 24.6 Å². The number of halogens is 2. The van der Waals surface area contributed by atoms with Crippen LogP contribution in [0.1, 0.15) is 46.7 Å². The molecule has 2 heterocycles. The van der Waals surface area contributed by atoms with Crippen molar-refractivity contribution in [3.8, 4) is 28.5 Å². The Labute approximate surface area is 225 Å². The maximum atomic E-state index is 13.7. The van der Waals surface area contributed by atoms with Crippen molar-refractivity contribution in [3.63, 3.8) is 0 Å². The van der Waals surface area contributed by atoms with Crippen molar-refractivity contribution < 1.29 is 33.3 Å². The van der Waals surface area contributed by atoms with Gasteiger partial charge in [-0.1, -0.05) is 25.4 Å². The number of ketones is 1. The van der Waals surface area contributed by atoms with Gasteiger partial charge in [0.25, 0.3) is 5.91 Å². The van der Waals surface area contributed by atoms with Crippen LogP contribution in [0.2, 0.25) is 5.02 Å². The van der Waals surface area contributed by atoms with Crippen LogP contribution in [-0.2, 0) is 6.42 Å². The number of fused-ring (bicyclic) bond motifs is 1. The first-order valence-corrected chi connectivity index (χ1v) is 12.6. The number of nitrogens with zero attached hydrogens (tertiary/aromatic N) is 1. The molecule has 2 N–H and O–H groups in total. The minimum atomic E-state index is -0.560. The maximum Gasteiger partial charge on any atom is 0.251 e. The summed E-state index contributed by atoms with van der Waals surface area (Å²) < 4.78 is 30.1. The van der Waals surface area contributed by atoms with Crippen molar-refractivity contribution in [2.24, 2.45) is 0 Å². The van der Waals surface area contributed by atoms with E-state index in [-0.39, 0.29) is 36.0 Å². The minimum Gasteiger partial charge on any atom is -0.493 e. The quantitative estimate of drug-likeness (QED) is 0.369. The molecule has 10 heteroatoms. The lowest BCUT2D eigenvalue weighted by molar-refractivity contribution is 0.0902. The Morgan fingerprint density at radius 2 is 1.95 bits per heavy atom. The molecule has 38 heavy (non-hydrogen) atoms. The fourth-order valence-corrected chi connectivity index (χ4v) is 3.97. The second kappa shape index (κ2) is 13.7. The lowest BCUT2D eigenvalue weighted by atomic mass is 10.00. The van der Waals surface area contributed by atoms with Gasteiger partial charge in [0.15, 0.2) is 17.3 Å². The van der Waals surface area contributed by atoms with Crippen molar-refractivity contribution in [1.82, 2.24) is 10.3 Å². The third-order valence-electron chi connectivity index (χ3n) is 5.55. The highest BCUT2D eigenvalue weighted by molar-refractivity contribution is 6.31. The molecule has 3 aromatic rings. The lowest BCUT2D eigenvalue weighted by Crippen LogP contribution is -2.30. The molecule has 0 bridgehead atoms. The molecule has 1 aliphatic rings. The van der Waals surface area contributed by atoms with Crippen molar-refractivity contribution in [3.05, 3.63) is 70.1 Å². The van der Waals surface area contributed by atoms with Crippen LogP contribution in [0.15, 0.2) is 42.5 Å². The Kier molecular flexibility index (Phi) is 10.4. The van der Waals surface area contributed by atoms with Crippen molar-refractivity contribution in [2.75, 3.05) is 33.5 Å². The predicted molar refractivity (Wildman–Crippen MR) is 142 cm³/mol. The smallest absolute Gasteiger partial charge is 0.251 e. The standard InChI is InChI=1S/C26H24ClFN2O6.C2H6/c1-34-23-13-17(5-7-22(23)35-10-8-31)26(33)29-14-21(32)20-12-16-3-2-9-36-25(16)24(30-20)15-4-6-19(28)18(27)11-15;1-2/h4-7,11-13,31H,2-3,8-10,14H2,1H3,(H,29,33);1-2H3. The summed E-state index contributed by atoms with van der Waals surface area (Å²) in [5.41, 5.74) is 2.15. The SMILES string of the molecule is CC.COc1cc(C(=O)NCC(=O)c2cc3c(c(-c4ccc(F)c(Cl)c4)n2)OCCC3)ccc1OCCO. The number of aryl methyl sites for hydroxylation is 1. The Balaban J connectivity index is 0.00000195. The van der Waals surface area contributed by atoms with Crippen LogP contribution in [-0.4, -0.2) is 55.3 Å². The third-order valence-corrected chi connectivity index (χ3v) is 5.84. The van der Waals surface area contributed by atoms with Gasteiger partial charge in [-0.15, -0.1) is 0 Å². The zero-order valence-electron chi connectivity index (χ0n) is 21.5. The number of aliphatic hydroxyl groups excluding tert-OH is 1. The normalized spacial score (nSPS) is 11.8. The molecule has 0 aliphatic carbocycles. The summed E-state index contributed by atoms with van der Waals surface area (Å²) in [5, 5.41) is 11.5. The van der Waals surface area contributed by atoms with Crippen LogP contribution >= 0.6 is 11.6 Å². The molecule has 1 aliphatic heterocycles. The highest BCUT2D eigenvalue weighted by Crippen LogP contribution is 2.37. The minimum absolute atomic E-state index is 0.0638. The monoisotopic (exact) mass is 544 g/mol. The zero-order chi connectivity index (χ0) is 27.7. The molecule has 202 valence electrons. The Hall–Kier alpha value is -3.69. The van der Waals surface area contributed by atoms with Crippen LogP contribution < -0.4 is 19.5 Å². The first-order chi connectivity index (χ1) is 18.4. The molecule has 0 saturated carbocycles. The van der Waals surface area contributed by atoms with Crippen molar-refractivity contribution >= 4 is 23.3 Å². The maximum absolute atomic E-state index is 13.7. The molecule has 0 saturated heterocycles. The van der Waals surface area contributed by atoms with E-state index < -0.39 is 17.5 Å². The number of Topliss-reactive ketones (excluding diaryl/α,β-unsaturated/α-hetero) is 1. The number of rotatable bonds is 9. The largest absolute Gasteiger partial charge is 0.493 e. The summed E-state index contributed by atoms with van der Waals surface area (Å²) >= 11 is 5.96. The second-order valence-electron chi connectivity index (χ2n) is 7.97. The van der Waals surface area contributed by atoms with E-state index in [1.807, 2.05) is 13.8 Å². The molecule has 8 nitrogen and oxygen atoms in total. The van der Waals surface area contributed by atoms with E-state index in [0.717, 1.165) is 12.0 Å². The number of methoxy groups -OCH3 is 1. The van der Waals surface area contributed by atoms with Crippen LogP contribution in [0.3, 0.4) is 0 Å². The molecule has 1 amide bonds. The van der Waals surface area contributed by atoms with Gasteiger partial charge in [0.2, 0.25) is 0 Å². The molecular weight excluding hydrogens is 515 g/mol. The summed E-state index contributed by atoms with van der Waals surface area (Å²) in [4.78, 5) is 30.1. The van der Waals surface area contributed by atoms with Gasteiger partial charge in [0.1, 0.15) is 29.6 Å². The Morgan fingerprint density at radius 1 is 1.16 bits per heavy atom. The number of nitrogens with one attached hydrogen (secondary N) is 1. The fourth-order valence-electron chi connectivity index (χ4n) is 3.79. The Bertz CT molecular complexity index is 1300. The summed E-state index contributed by atoms with van der Waals surface area (Å²) in [6.45, 7) is 4.14. The van der Waals surface area contributed by atoms with Gasteiger partial charge in [0.05, 0.1) is 31.9 Å². The topological polar surface area (TPSA) is 107 Å². The molecule has 0 spiro atoms. The van der Waals surface area contributed by atoms with E-state index >= 15 is 0 Å². The average molecular weight is 545 g/mol. The van der Waals surface area contributed by atoms with Gasteiger partial charge in [-0.2, -0.15) is 0 Å². The van der Waals surface area contributed by atoms with Gasteiger partial charge >= 0.3 is 0 Å². The molecule has 0 fully saturated rings. The van der Waals surface area contributed by atoms with E-state index in [4.69, 9.17) is 30.9 Å². The molecule has 0 atom stereocenters. The zero-order valence-corrected chi connectivity index (χ0v) is 22.2. The molecule has 0 unspecified atom stereocenters. The van der Waals surface area contributed by atoms with Gasteiger partial charge in [-0.3, -0.25) is 9.59 Å². The summed E-state index contributed by atoms with van der Waals surface area (Å²) in [5.74, 6) is -0.201. The first kappa shape index (κ1) is 28.9. The van der Waals surface area contributed by atoms with Gasteiger partial charge in [0, 0.05) is 11.1 Å². The number of benzene rings is 2. The third kappa shape index (κ3) is 6.79. The predicted octanol–water partition coefficient (Wildman–Crippen LogP) is 4.88. The van der Waals surface area contributed by atoms with Gasteiger partial charge in [-0.05, 0) is 60.9 Å². The lowest BCUT2D eigenvalue weighted by Gasteiger charge is -2.21. The summed E-state index contributed by atoms with van der Waals surface area (Å²) in [7, 11) is 1.43. The van der Waals surface area contributed by atoms with Crippen molar-refractivity contribution in [1.29, 1.82) is 0 Å². The van der Waals surface area contributed by atoms with Crippen molar-refractivity contribution in [2.45, 2.75) is 26.7 Å². The number of carbonyl (C=O) groups excluding carboxylic acids is 2. The number of amides is 1. The van der Waals surface area contributed by atoms with E-state index in [1.165, 1.54) is 37.4 Å². The average Bonchev–Trinajstić information content (AvgIpc) is 2.96. The molecule has 1 aromatic heterocycles. The van der Waals surface area contributed by atoms with Crippen LogP contribution in [0.4, 0.5) is 4.39 Å². The highest BCUT2D eigenvalue weighted by Gasteiger charge is 2.22. The number of hydrogen-bond donors (Lipinski definition) is 2. The number of pyridine rings is 1. The molecule has 2 aromatic carbocycles. The number of ether oxygens (including phenoxy) is 3.